The fraction of sp³-hybridized carbons (Fsp3) is 0.333. The molecule has 0 spiro atoms. The van der Waals surface area contributed by atoms with Crippen LogP contribution >= 0.6 is 11.6 Å². The van der Waals surface area contributed by atoms with Gasteiger partial charge in [-0.1, -0.05) is 35.9 Å². The molecule has 2 aromatic carbocycles. The van der Waals surface area contributed by atoms with E-state index in [4.69, 9.17) is 25.8 Å². The van der Waals surface area contributed by atoms with Gasteiger partial charge in [0.05, 0.1) is 0 Å². The molecule has 2 aliphatic heterocycles. The molecule has 1 atom stereocenters. The Morgan fingerprint density at radius 2 is 1.69 bits per heavy atom. The molecule has 7 nitrogen and oxygen atoms in total. The Balaban J connectivity index is 1.17. The molecule has 0 aliphatic carbocycles. The molecule has 2 aliphatic rings. The van der Waals surface area contributed by atoms with Crippen LogP contribution in [0.1, 0.15) is 5.56 Å². The molecule has 0 amide bonds. The van der Waals surface area contributed by atoms with Gasteiger partial charge in [-0.15, -0.1) is 0 Å². The minimum absolute atomic E-state index is 0.198. The number of nitrogens with zero attached hydrogens (tertiary/aromatic N) is 4. The summed E-state index contributed by atoms with van der Waals surface area (Å²) in [6, 6.07) is 15.7. The maximum Gasteiger partial charge on any atom is 0.257 e. The first-order chi connectivity index (χ1) is 15.7. The van der Waals surface area contributed by atoms with Crippen LogP contribution in [0, 0.1) is 0 Å². The van der Waals surface area contributed by atoms with Crippen LogP contribution in [0.25, 0.3) is 0 Å². The molecule has 1 unspecified atom stereocenters. The van der Waals surface area contributed by atoms with Crippen LogP contribution < -0.4 is 19.1 Å². The van der Waals surface area contributed by atoms with E-state index in [1.165, 1.54) is 5.56 Å². The quantitative estimate of drug-likeness (QED) is 0.565. The van der Waals surface area contributed by atoms with Gasteiger partial charge < -0.3 is 19.1 Å². The van der Waals surface area contributed by atoms with Crippen LogP contribution in [-0.4, -0.2) is 60.4 Å². The number of fused-ring (bicyclic) bond motifs is 1. The van der Waals surface area contributed by atoms with Gasteiger partial charge in [0.2, 0.25) is 0 Å². The van der Waals surface area contributed by atoms with Gasteiger partial charge in [-0.3, -0.25) is 4.90 Å². The predicted octanol–water partition coefficient (Wildman–Crippen LogP) is 3.67. The number of halogens is 1. The maximum atomic E-state index is 6.03. The lowest BCUT2D eigenvalue weighted by atomic mass is 10.2. The molecule has 3 aromatic rings. The van der Waals surface area contributed by atoms with Crippen molar-refractivity contribution in [1.29, 1.82) is 0 Å². The minimum Gasteiger partial charge on any atom is -0.486 e. The first-order valence-electron chi connectivity index (χ1n) is 10.8. The molecule has 0 radical (unpaired) electrons. The first kappa shape index (κ1) is 20.8. The summed E-state index contributed by atoms with van der Waals surface area (Å²) < 4.78 is 17.8. The fourth-order valence-corrected chi connectivity index (χ4v) is 4.05. The highest BCUT2D eigenvalue weighted by molar-refractivity contribution is 6.30. The zero-order chi connectivity index (χ0) is 21.8. The lowest BCUT2D eigenvalue weighted by Crippen LogP contribution is -2.46. The molecule has 8 heteroatoms. The van der Waals surface area contributed by atoms with Crippen LogP contribution in [-0.2, 0) is 6.54 Å². The molecule has 0 N–H and O–H groups in total. The van der Waals surface area contributed by atoms with Crippen LogP contribution in [0.3, 0.4) is 0 Å². The van der Waals surface area contributed by atoms with Crippen molar-refractivity contribution in [2.75, 3.05) is 44.3 Å². The third-order valence-electron chi connectivity index (χ3n) is 5.61. The van der Waals surface area contributed by atoms with E-state index in [1.54, 1.807) is 12.4 Å². The van der Waals surface area contributed by atoms with Crippen molar-refractivity contribution in [3.63, 3.8) is 0 Å². The molecule has 1 saturated heterocycles. The van der Waals surface area contributed by atoms with Gasteiger partial charge in [-0.05, 0) is 29.8 Å². The van der Waals surface area contributed by atoms with E-state index in [0.29, 0.717) is 19.1 Å². The summed E-state index contributed by atoms with van der Waals surface area (Å²) in [6.07, 6.45) is 3.16. The van der Waals surface area contributed by atoms with Crippen molar-refractivity contribution in [2.45, 2.75) is 12.6 Å². The average Bonchev–Trinajstić information content (AvgIpc) is 2.85. The highest BCUT2D eigenvalue weighted by atomic mass is 35.5. The Labute approximate surface area is 192 Å². The van der Waals surface area contributed by atoms with Gasteiger partial charge >= 0.3 is 0 Å². The first-order valence-corrected chi connectivity index (χ1v) is 11.2. The van der Waals surface area contributed by atoms with Gasteiger partial charge in [0, 0.05) is 50.1 Å². The topological polar surface area (TPSA) is 60.0 Å². The summed E-state index contributed by atoms with van der Waals surface area (Å²) in [5, 5.41) is 0.767. The number of hydrogen-bond donors (Lipinski definition) is 0. The number of ether oxygens (including phenoxy) is 3. The third kappa shape index (κ3) is 4.89. The van der Waals surface area contributed by atoms with E-state index in [-0.39, 0.29) is 6.10 Å². The second-order valence-electron chi connectivity index (χ2n) is 7.88. The molecule has 5 rings (SSSR count). The summed E-state index contributed by atoms with van der Waals surface area (Å²) >= 11 is 5.99. The number of para-hydroxylation sites is 2. The Bertz CT molecular complexity index is 1040. The van der Waals surface area contributed by atoms with Crippen molar-refractivity contribution >= 4 is 17.4 Å². The smallest absolute Gasteiger partial charge is 0.257 e. The van der Waals surface area contributed by atoms with Crippen LogP contribution in [0.5, 0.6) is 17.4 Å². The van der Waals surface area contributed by atoms with Crippen molar-refractivity contribution < 1.29 is 14.2 Å². The molecule has 0 bridgehead atoms. The van der Waals surface area contributed by atoms with Gasteiger partial charge in [-0.2, -0.15) is 0 Å². The standard InChI is InChI=1S/C24H25ClN4O3/c25-19-7-5-18(6-8-19)15-28-11-13-29(14-12-28)23-24(27-10-9-26-23)31-17-20-16-30-21-3-1-2-4-22(21)32-20/h1-10,20H,11-17H2. The SMILES string of the molecule is Clc1ccc(CN2CCN(c3nccnc3OCC3COc4ccccc4O3)CC2)cc1. The average molecular weight is 453 g/mol. The highest BCUT2D eigenvalue weighted by Gasteiger charge is 2.25. The molecule has 32 heavy (non-hydrogen) atoms. The summed E-state index contributed by atoms with van der Waals surface area (Å²) in [6.45, 7) is 5.30. The van der Waals surface area contributed by atoms with Crippen molar-refractivity contribution in [3.05, 3.63) is 71.5 Å². The van der Waals surface area contributed by atoms with Gasteiger partial charge in [0.25, 0.3) is 5.88 Å². The van der Waals surface area contributed by atoms with Crippen LogP contribution in [0.2, 0.25) is 5.02 Å². The molecule has 3 heterocycles. The number of aromatic nitrogens is 2. The summed E-state index contributed by atoms with van der Waals surface area (Å²) in [5.41, 5.74) is 1.27. The lowest BCUT2D eigenvalue weighted by molar-refractivity contribution is 0.0521. The van der Waals surface area contributed by atoms with Gasteiger partial charge in [-0.25, -0.2) is 9.97 Å². The maximum absolute atomic E-state index is 6.03. The molecule has 166 valence electrons. The van der Waals surface area contributed by atoms with E-state index in [0.717, 1.165) is 55.1 Å². The van der Waals surface area contributed by atoms with E-state index >= 15 is 0 Å². The van der Waals surface area contributed by atoms with Crippen molar-refractivity contribution in [3.8, 4) is 17.4 Å². The van der Waals surface area contributed by atoms with Crippen LogP contribution in [0.4, 0.5) is 5.82 Å². The zero-order valence-electron chi connectivity index (χ0n) is 17.7. The van der Waals surface area contributed by atoms with E-state index in [9.17, 15) is 0 Å². The van der Waals surface area contributed by atoms with Gasteiger partial charge in [0.15, 0.2) is 23.4 Å². The molecule has 1 fully saturated rings. The summed E-state index contributed by atoms with van der Waals surface area (Å²) in [7, 11) is 0. The Morgan fingerprint density at radius 3 is 2.50 bits per heavy atom. The van der Waals surface area contributed by atoms with E-state index in [1.807, 2.05) is 36.4 Å². The second-order valence-corrected chi connectivity index (χ2v) is 8.32. The Morgan fingerprint density at radius 1 is 0.938 bits per heavy atom. The predicted molar refractivity (Wildman–Crippen MR) is 123 cm³/mol. The number of benzene rings is 2. The zero-order valence-corrected chi connectivity index (χ0v) is 18.4. The van der Waals surface area contributed by atoms with Gasteiger partial charge in [0.1, 0.15) is 13.2 Å². The summed E-state index contributed by atoms with van der Waals surface area (Å²) in [5.74, 6) is 2.81. The third-order valence-corrected chi connectivity index (χ3v) is 5.86. The second kappa shape index (κ2) is 9.63. The van der Waals surface area contributed by atoms with Crippen molar-refractivity contribution in [2.24, 2.45) is 0 Å². The Kier molecular flexibility index (Phi) is 6.27. The molecule has 1 aromatic heterocycles. The van der Waals surface area contributed by atoms with E-state index in [2.05, 4.69) is 31.9 Å². The minimum atomic E-state index is -0.198. The number of piperazine rings is 1. The van der Waals surface area contributed by atoms with Crippen molar-refractivity contribution in [1.82, 2.24) is 14.9 Å². The fourth-order valence-electron chi connectivity index (χ4n) is 3.92. The highest BCUT2D eigenvalue weighted by Crippen LogP contribution is 2.31. The number of rotatable bonds is 6. The molecular weight excluding hydrogens is 428 g/mol. The largest absolute Gasteiger partial charge is 0.486 e. The lowest BCUT2D eigenvalue weighted by Gasteiger charge is -2.35. The monoisotopic (exact) mass is 452 g/mol. The molecular formula is C24H25ClN4O3. The Hall–Kier alpha value is -3.03. The summed E-state index contributed by atoms with van der Waals surface area (Å²) in [4.78, 5) is 13.6. The van der Waals surface area contributed by atoms with Crippen LogP contribution in [0.15, 0.2) is 60.9 Å². The van der Waals surface area contributed by atoms with E-state index < -0.39 is 0 Å². The number of hydrogen-bond acceptors (Lipinski definition) is 7. The number of anilines is 1. The molecule has 0 saturated carbocycles. The normalized spacial score (nSPS) is 18.4.